The number of nitrogens with zero attached hydrogens (tertiary/aromatic N) is 2. The van der Waals surface area contributed by atoms with Gasteiger partial charge in [-0.15, -0.1) is 0 Å². The number of hydrogen-bond acceptors (Lipinski definition) is 4. The highest BCUT2D eigenvalue weighted by molar-refractivity contribution is 5.36. The minimum Gasteiger partial charge on any atom is -0.313 e. The summed E-state index contributed by atoms with van der Waals surface area (Å²) in [4.78, 5) is 12.2. The fourth-order valence-corrected chi connectivity index (χ4v) is 1.94. The molecule has 0 unspecified atom stereocenters. The molecule has 1 aromatic rings. The zero-order chi connectivity index (χ0) is 15.8. The highest BCUT2D eigenvalue weighted by Crippen LogP contribution is 2.19. The number of halogens is 1. The second-order valence-electron chi connectivity index (χ2n) is 5.47. The largest absolute Gasteiger partial charge is 0.313 e. The maximum absolute atomic E-state index is 13.8. The Morgan fingerprint density at radius 3 is 2.71 bits per heavy atom. The Morgan fingerprint density at radius 1 is 1.38 bits per heavy atom. The van der Waals surface area contributed by atoms with Crippen LogP contribution >= 0.6 is 0 Å². The third kappa shape index (κ3) is 5.77. The summed E-state index contributed by atoms with van der Waals surface area (Å²) in [6.45, 7) is 6.43. The SMILES string of the molecule is CC(C)N(C)CCCCNCc1cccc([N+](=O)[O-])c1F. The first-order valence-electron chi connectivity index (χ1n) is 7.26. The topological polar surface area (TPSA) is 58.4 Å². The Hall–Kier alpha value is -1.53. The van der Waals surface area contributed by atoms with Gasteiger partial charge in [-0.3, -0.25) is 10.1 Å². The molecule has 0 spiro atoms. The predicted octanol–water partition coefficient (Wildman–Crippen LogP) is 2.94. The molecule has 0 aromatic heterocycles. The third-order valence-corrected chi connectivity index (χ3v) is 3.57. The van der Waals surface area contributed by atoms with E-state index in [2.05, 4.69) is 31.1 Å². The van der Waals surface area contributed by atoms with Crippen LogP contribution in [0.15, 0.2) is 18.2 Å². The Kier molecular flexibility index (Phi) is 7.25. The second kappa shape index (κ2) is 8.69. The van der Waals surface area contributed by atoms with Crippen LogP contribution in [0.4, 0.5) is 10.1 Å². The minimum atomic E-state index is -0.741. The summed E-state index contributed by atoms with van der Waals surface area (Å²) in [6, 6.07) is 4.80. The number of nitro benzene ring substituents is 1. The van der Waals surface area contributed by atoms with E-state index in [1.165, 1.54) is 12.1 Å². The molecule has 0 saturated heterocycles. The standard InChI is InChI=1S/C15H24FN3O2/c1-12(2)18(3)10-5-4-9-17-11-13-7-6-8-14(15(13)16)19(20)21/h6-8,12,17H,4-5,9-11H2,1-3H3. The lowest BCUT2D eigenvalue weighted by atomic mass is 10.2. The highest BCUT2D eigenvalue weighted by atomic mass is 19.1. The lowest BCUT2D eigenvalue weighted by Crippen LogP contribution is -2.27. The van der Waals surface area contributed by atoms with Crippen molar-refractivity contribution in [1.82, 2.24) is 10.2 Å². The average Bonchev–Trinajstić information content (AvgIpc) is 2.43. The molecule has 0 aliphatic rings. The van der Waals surface area contributed by atoms with Gasteiger partial charge in [0.15, 0.2) is 0 Å². The molecule has 1 rings (SSSR count). The van der Waals surface area contributed by atoms with Gasteiger partial charge in [-0.05, 0) is 46.8 Å². The van der Waals surface area contributed by atoms with Crippen molar-refractivity contribution in [3.8, 4) is 0 Å². The molecule has 5 nitrogen and oxygen atoms in total. The van der Waals surface area contributed by atoms with Crippen molar-refractivity contribution < 1.29 is 9.31 Å². The van der Waals surface area contributed by atoms with E-state index in [9.17, 15) is 14.5 Å². The Bertz CT molecular complexity index is 466. The molecule has 0 radical (unpaired) electrons. The van der Waals surface area contributed by atoms with Crippen LogP contribution < -0.4 is 5.32 Å². The Labute approximate surface area is 125 Å². The molecule has 6 heteroatoms. The molecule has 0 atom stereocenters. The molecular formula is C15H24FN3O2. The van der Waals surface area contributed by atoms with Crippen molar-refractivity contribution in [2.45, 2.75) is 39.3 Å². The van der Waals surface area contributed by atoms with E-state index < -0.39 is 16.4 Å². The summed E-state index contributed by atoms with van der Waals surface area (Å²) in [7, 11) is 2.09. The molecule has 0 bridgehead atoms. The molecule has 1 aromatic carbocycles. The third-order valence-electron chi connectivity index (χ3n) is 3.57. The first-order chi connectivity index (χ1) is 9.93. The molecule has 118 valence electrons. The van der Waals surface area contributed by atoms with Gasteiger partial charge in [0.1, 0.15) is 0 Å². The smallest absolute Gasteiger partial charge is 0.305 e. The van der Waals surface area contributed by atoms with Crippen molar-refractivity contribution in [1.29, 1.82) is 0 Å². The number of nitro groups is 1. The molecule has 1 N–H and O–H groups in total. The van der Waals surface area contributed by atoms with E-state index in [-0.39, 0.29) is 0 Å². The van der Waals surface area contributed by atoms with Gasteiger partial charge in [-0.2, -0.15) is 4.39 Å². The first-order valence-corrected chi connectivity index (χ1v) is 7.26. The second-order valence-corrected chi connectivity index (χ2v) is 5.47. The number of rotatable bonds is 9. The monoisotopic (exact) mass is 297 g/mol. The fourth-order valence-electron chi connectivity index (χ4n) is 1.94. The van der Waals surface area contributed by atoms with Gasteiger partial charge in [-0.25, -0.2) is 0 Å². The Morgan fingerprint density at radius 2 is 2.10 bits per heavy atom. The molecule has 0 saturated carbocycles. The summed E-state index contributed by atoms with van der Waals surface area (Å²) in [5, 5.41) is 13.8. The van der Waals surface area contributed by atoms with E-state index in [1.807, 2.05) is 0 Å². The zero-order valence-corrected chi connectivity index (χ0v) is 12.9. The van der Waals surface area contributed by atoms with Gasteiger partial charge in [0.25, 0.3) is 0 Å². The molecule has 21 heavy (non-hydrogen) atoms. The van der Waals surface area contributed by atoms with Crippen LogP contribution in [0.3, 0.4) is 0 Å². The minimum absolute atomic E-state index is 0.313. The molecular weight excluding hydrogens is 273 g/mol. The zero-order valence-electron chi connectivity index (χ0n) is 12.9. The first kappa shape index (κ1) is 17.5. The van der Waals surface area contributed by atoms with Crippen molar-refractivity contribution in [2.75, 3.05) is 20.1 Å². The van der Waals surface area contributed by atoms with E-state index in [0.29, 0.717) is 18.2 Å². The van der Waals surface area contributed by atoms with Crippen LogP contribution in [-0.4, -0.2) is 36.0 Å². The van der Waals surface area contributed by atoms with E-state index in [0.717, 1.165) is 25.9 Å². The van der Waals surface area contributed by atoms with Crippen molar-refractivity contribution >= 4 is 5.69 Å². The summed E-state index contributed by atoms with van der Waals surface area (Å²) < 4.78 is 13.8. The summed E-state index contributed by atoms with van der Waals surface area (Å²) in [5.74, 6) is -0.741. The van der Waals surface area contributed by atoms with Gasteiger partial charge in [0, 0.05) is 24.2 Å². The lowest BCUT2D eigenvalue weighted by Gasteiger charge is -2.20. The maximum atomic E-state index is 13.8. The lowest BCUT2D eigenvalue weighted by molar-refractivity contribution is -0.387. The number of unbranched alkanes of at least 4 members (excludes halogenated alkanes) is 1. The predicted molar refractivity (Wildman–Crippen MR) is 81.8 cm³/mol. The fraction of sp³-hybridized carbons (Fsp3) is 0.600. The summed E-state index contributed by atoms with van der Waals surface area (Å²) in [6.07, 6.45) is 2.06. The maximum Gasteiger partial charge on any atom is 0.305 e. The van der Waals surface area contributed by atoms with Gasteiger partial charge in [0.05, 0.1) is 4.92 Å². The van der Waals surface area contributed by atoms with Gasteiger partial charge in [0.2, 0.25) is 5.82 Å². The van der Waals surface area contributed by atoms with Crippen LogP contribution in [0, 0.1) is 15.9 Å². The highest BCUT2D eigenvalue weighted by Gasteiger charge is 2.16. The molecule has 0 heterocycles. The van der Waals surface area contributed by atoms with Crippen molar-refractivity contribution in [2.24, 2.45) is 0 Å². The van der Waals surface area contributed by atoms with E-state index >= 15 is 0 Å². The van der Waals surface area contributed by atoms with Crippen molar-refractivity contribution in [3.05, 3.63) is 39.7 Å². The number of benzene rings is 1. The Balaban J connectivity index is 2.31. The van der Waals surface area contributed by atoms with Gasteiger partial charge >= 0.3 is 5.69 Å². The number of hydrogen-bond donors (Lipinski definition) is 1. The van der Waals surface area contributed by atoms with Crippen LogP contribution in [0.2, 0.25) is 0 Å². The van der Waals surface area contributed by atoms with Gasteiger partial charge < -0.3 is 10.2 Å². The van der Waals surface area contributed by atoms with Crippen LogP contribution in [-0.2, 0) is 6.54 Å². The summed E-state index contributed by atoms with van der Waals surface area (Å²) in [5.41, 5.74) is -0.128. The van der Waals surface area contributed by atoms with E-state index in [1.54, 1.807) is 6.07 Å². The normalized spacial score (nSPS) is 11.3. The molecule has 0 aliphatic carbocycles. The van der Waals surface area contributed by atoms with Crippen molar-refractivity contribution in [3.63, 3.8) is 0 Å². The van der Waals surface area contributed by atoms with Crippen LogP contribution in [0.1, 0.15) is 32.3 Å². The molecule has 0 fully saturated rings. The molecule has 0 aliphatic heterocycles. The average molecular weight is 297 g/mol. The van der Waals surface area contributed by atoms with Crippen LogP contribution in [0.5, 0.6) is 0 Å². The number of nitrogens with one attached hydrogen (secondary N) is 1. The van der Waals surface area contributed by atoms with Gasteiger partial charge in [-0.1, -0.05) is 12.1 Å². The quantitative estimate of drug-likeness (QED) is 0.432. The van der Waals surface area contributed by atoms with E-state index in [4.69, 9.17) is 0 Å². The summed E-state index contributed by atoms with van der Waals surface area (Å²) >= 11 is 0. The molecule has 0 amide bonds. The van der Waals surface area contributed by atoms with Crippen LogP contribution in [0.25, 0.3) is 0 Å².